The van der Waals surface area contributed by atoms with Crippen LogP contribution in [0.1, 0.15) is 173 Å². The molecule has 0 N–H and O–H groups in total. The number of hydrogen-bond donors (Lipinski definition) is 0. The van der Waals surface area contributed by atoms with Gasteiger partial charge in [-0.05, 0) is 143 Å². The maximum Gasteiger partial charge on any atom is 0.166 e. The molecule has 2 heterocycles. The van der Waals surface area contributed by atoms with Gasteiger partial charge in [0.1, 0.15) is 0 Å². The maximum absolute atomic E-state index is 14.3. The van der Waals surface area contributed by atoms with Gasteiger partial charge in [0.05, 0.1) is 16.6 Å². The molecule has 8 aliphatic rings. The van der Waals surface area contributed by atoms with Crippen LogP contribution < -0.4 is 0 Å². The van der Waals surface area contributed by atoms with E-state index in [9.17, 15) is 9.59 Å². The second-order valence-corrected chi connectivity index (χ2v) is 20.5. The average Bonchev–Trinajstić information content (AvgIpc) is 3.45. The lowest BCUT2D eigenvalue weighted by molar-refractivity contribution is 0.0891. The second-order valence-electron chi connectivity index (χ2n) is 20.5. The van der Waals surface area contributed by atoms with Gasteiger partial charge >= 0.3 is 0 Å². The molecule has 4 bridgehead atoms. The van der Waals surface area contributed by atoms with Crippen molar-refractivity contribution in [1.29, 1.82) is 0 Å². The highest BCUT2D eigenvalue weighted by molar-refractivity contribution is 6.29. The Morgan fingerprint density at radius 2 is 0.906 bits per heavy atom. The van der Waals surface area contributed by atoms with E-state index in [4.69, 9.17) is 0 Å². The van der Waals surface area contributed by atoms with Crippen molar-refractivity contribution in [3.63, 3.8) is 0 Å². The van der Waals surface area contributed by atoms with Crippen LogP contribution in [-0.4, -0.2) is 16.0 Å². The van der Waals surface area contributed by atoms with Gasteiger partial charge < -0.3 is 4.40 Å². The van der Waals surface area contributed by atoms with E-state index in [1.54, 1.807) is 0 Å². The topological polar surface area (TPSA) is 38.5 Å². The SMILES string of the molecule is CC1(C)c2cccc3c2-c2c(c4c5cc6c(cc5n5c7cc8c(cc7c(c2C(C)(C)C3(C)C)c45)C2CCC(CC2)C8=O)C(=O)C2CCC6CC2)C1(C)C. The van der Waals surface area contributed by atoms with Gasteiger partial charge in [0, 0.05) is 55.3 Å². The summed E-state index contributed by atoms with van der Waals surface area (Å²) in [4.78, 5) is 28.7. The van der Waals surface area contributed by atoms with E-state index in [1.165, 1.54) is 71.6 Å². The summed E-state index contributed by atoms with van der Waals surface area (Å²) in [5.74, 6) is 1.89. The zero-order valence-electron chi connectivity index (χ0n) is 32.8. The average molecular weight is 698 g/mol. The van der Waals surface area contributed by atoms with Gasteiger partial charge in [0.25, 0.3) is 0 Å². The van der Waals surface area contributed by atoms with Crippen LogP contribution >= 0.6 is 0 Å². The molecule has 8 aliphatic carbocycles. The van der Waals surface area contributed by atoms with Gasteiger partial charge in [0.15, 0.2) is 11.6 Å². The van der Waals surface area contributed by atoms with E-state index in [1.807, 2.05) is 0 Å². The molecule has 4 aromatic carbocycles. The lowest BCUT2D eigenvalue weighted by Crippen LogP contribution is -2.50. The first-order chi connectivity index (χ1) is 25.2. The summed E-state index contributed by atoms with van der Waals surface area (Å²) in [6.45, 7) is 19.9. The summed E-state index contributed by atoms with van der Waals surface area (Å²) in [5.41, 5.74) is 16.3. The van der Waals surface area contributed by atoms with Gasteiger partial charge in [-0.25, -0.2) is 0 Å². The monoisotopic (exact) mass is 697 g/mol. The highest BCUT2D eigenvalue weighted by Gasteiger charge is 2.56. The van der Waals surface area contributed by atoms with Crippen LogP contribution in [0.15, 0.2) is 42.5 Å². The van der Waals surface area contributed by atoms with E-state index in [0.29, 0.717) is 23.4 Å². The molecule has 0 aliphatic heterocycles. The number of Topliss-reactive ketones (excluding diaryl/α,β-unsaturated/α-hetero) is 2. The fourth-order valence-electron chi connectivity index (χ4n) is 13.4. The van der Waals surface area contributed by atoms with E-state index in [0.717, 1.165) is 73.5 Å². The normalized spacial score (nSPS) is 28.1. The molecular formula is C50H51NO2. The standard InChI is InChI=1S/C50H51NO2/c1-47(2)34-10-9-11-35-40(34)41-42(49(47,5)6)38-32-20-28-24-12-16-26(17-13-24)45(52)30(28)22-36(32)51-37-23-31-29(25-14-18-27(19-15-25)46(31)53)21-33(37)39(44(38)51)43(41)50(7,8)48(35,3)4/h9-11,20-27H,12-19H2,1-8H3. The number of carbonyl (C=O) groups excluding carboxylic acids is 2. The molecule has 0 radical (unpaired) electrons. The molecule has 0 unspecified atom stereocenters. The molecule has 53 heavy (non-hydrogen) atoms. The summed E-state index contributed by atoms with van der Waals surface area (Å²) in [5, 5.41) is 5.37. The van der Waals surface area contributed by atoms with Crippen molar-refractivity contribution < 1.29 is 9.59 Å². The summed E-state index contributed by atoms with van der Waals surface area (Å²) in [7, 11) is 0. The largest absolute Gasteiger partial charge is 0.308 e. The number of hydrogen-bond acceptors (Lipinski definition) is 2. The summed E-state index contributed by atoms with van der Waals surface area (Å²) < 4.78 is 2.55. The molecule has 268 valence electrons. The van der Waals surface area contributed by atoms with Crippen molar-refractivity contribution in [2.75, 3.05) is 0 Å². The van der Waals surface area contributed by atoms with Gasteiger partial charge in [-0.3, -0.25) is 9.59 Å². The third kappa shape index (κ3) is 3.28. The predicted octanol–water partition coefficient (Wildman–Crippen LogP) is 12.6. The van der Waals surface area contributed by atoms with Crippen LogP contribution in [0.5, 0.6) is 0 Å². The predicted molar refractivity (Wildman–Crippen MR) is 217 cm³/mol. The molecule has 3 nitrogen and oxygen atoms in total. The minimum Gasteiger partial charge on any atom is -0.308 e. The minimum atomic E-state index is -0.194. The van der Waals surface area contributed by atoms with Crippen LogP contribution in [0.3, 0.4) is 0 Å². The van der Waals surface area contributed by atoms with Gasteiger partial charge in [-0.15, -0.1) is 0 Å². The lowest BCUT2D eigenvalue weighted by Gasteiger charge is -2.56. The zero-order chi connectivity index (χ0) is 36.5. The number of aromatic nitrogens is 1. The molecule has 0 saturated heterocycles. The van der Waals surface area contributed by atoms with Crippen LogP contribution in [0.4, 0.5) is 0 Å². The first-order valence-corrected chi connectivity index (χ1v) is 20.8. The highest BCUT2D eigenvalue weighted by atomic mass is 16.1. The molecule has 0 amide bonds. The highest BCUT2D eigenvalue weighted by Crippen LogP contribution is 2.67. The van der Waals surface area contributed by atoms with E-state index < -0.39 is 0 Å². The molecule has 0 atom stereocenters. The molecule has 2 aromatic heterocycles. The fraction of sp³-hybridized carbons (Fsp3) is 0.480. The van der Waals surface area contributed by atoms with E-state index in [2.05, 4.69) is 102 Å². The Morgan fingerprint density at radius 1 is 0.509 bits per heavy atom. The van der Waals surface area contributed by atoms with Crippen LogP contribution in [0.25, 0.3) is 49.2 Å². The van der Waals surface area contributed by atoms with Crippen molar-refractivity contribution in [1.82, 2.24) is 4.40 Å². The Hall–Kier alpha value is -3.98. The quantitative estimate of drug-likeness (QED) is 0.158. The maximum atomic E-state index is 14.3. The number of nitrogens with zero attached hydrogens (tertiary/aromatic N) is 1. The Balaban J connectivity index is 1.38. The lowest BCUT2D eigenvalue weighted by atomic mass is 9.47. The van der Waals surface area contributed by atoms with Gasteiger partial charge in [-0.2, -0.15) is 0 Å². The van der Waals surface area contributed by atoms with Crippen molar-refractivity contribution in [3.8, 4) is 11.1 Å². The molecule has 3 heteroatoms. The molecular weight excluding hydrogens is 647 g/mol. The molecule has 2 saturated carbocycles. The first kappa shape index (κ1) is 31.4. The minimum absolute atomic E-state index is 0.132. The smallest absolute Gasteiger partial charge is 0.166 e. The Bertz CT molecular complexity index is 2550. The van der Waals surface area contributed by atoms with Crippen LogP contribution in [0.2, 0.25) is 0 Å². The third-order valence-electron chi connectivity index (χ3n) is 17.7. The number of carbonyl (C=O) groups is 2. The third-order valence-corrected chi connectivity index (χ3v) is 17.7. The van der Waals surface area contributed by atoms with E-state index >= 15 is 0 Å². The Morgan fingerprint density at radius 3 is 1.32 bits per heavy atom. The fourth-order valence-corrected chi connectivity index (χ4v) is 13.4. The van der Waals surface area contributed by atoms with Crippen LogP contribution in [-0.2, 0) is 21.7 Å². The van der Waals surface area contributed by atoms with Crippen molar-refractivity contribution in [2.45, 2.75) is 140 Å². The molecule has 6 aromatic rings. The Kier molecular flexibility index (Phi) is 5.49. The summed E-state index contributed by atoms with van der Waals surface area (Å²) in [6, 6.07) is 16.8. The summed E-state index contributed by atoms with van der Waals surface area (Å²) in [6.07, 6.45) is 8.48. The number of ketones is 2. The molecule has 14 rings (SSSR count). The van der Waals surface area contributed by atoms with E-state index in [-0.39, 0.29) is 33.5 Å². The Labute approximate surface area is 312 Å². The number of benzene rings is 4. The molecule has 0 spiro atoms. The number of fused-ring (bicyclic) bond motifs is 12. The van der Waals surface area contributed by atoms with Gasteiger partial charge in [-0.1, -0.05) is 73.6 Å². The van der Waals surface area contributed by atoms with Crippen molar-refractivity contribution >= 4 is 49.7 Å². The van der Waals surface area contributed by atoms with Crippen molar-refractivity contribution in [2.24, 2.45) is 11.8 Å². The first-order valence-electron chi connectivity index (χ1n) is 20.8. The zero-order valence-corrected chi connectivity index (χ0v) is 32.8. The number of rotatable bonds is 0. The van der Waals surface area contributed by atoms with Crippen LogP contribution in [0, 0.1) is 11.8 Å². The van der Waals surface area contributed by atoms with Crippen molar-refractivity contribution in [3.05, 3.63) is 87.0 Å². The molecule has 2 fully saturated rings. The second kappa shape index (κ2) is 9.27. The van der Waals surface area contributed by atoms with Gasteiger partial charge in [0.2, 0.25) is 0 Å². The summed E-state index contributed by atoms with van der Waals surface area (Å²) >= 11 is 0.